The molecule has 0 aliphatic rings. The first-order valence-electron chi connectivity index (χ1n) is 7.59. The van der Waals surface area contributed by atoms with Gasteiger partial charge in [0.2, 0.25) is 5.91 Å². The van der Waals surface area contributed by atoms with Crippen LogP contribution < -0.4 is 10.9 Å². The van der Waals surface area contributed by atoms with E-state index in [2.05, 4.69) is 22.1 Å². The third-order valence-corrected chi connectivity index (χ3v) is 3.50. The molecule has 0 fully saturated rings. The Kier molecular flexibility index (Phi) is 4.86. The SMILES string of the molecule is O=C(Cn1cnc2ccccc2c1=O)NCC#Cc1ccc(F)cc1. The molecule has 0 atom stereocenters. The minimum Gasteiger partial charge on any atom is -0.344 e. The minimum atomic E-state index is -0.340. The lowest BCUT2D eigenvalue weighted by Gasteiger charge is -2.06. The molecule has 2 aromatic carbocycles. The quantitative estimate of drug-likeness (QED) is 0.741. The van der Waals surface area contributed by atoms with Crippen molar-refractivity contribution in [2.75, 3.05) is 6.54 Å². The summed E-state index contributed by atoms with van der Waals surface area (Å²) in [6.07, 6.45) is 1.36. The molecule has 0 aliphatic heterocycles. The highest BCUT2D eigenvalue weighted by molar-refractivity contribution is 5.79. The normalized spacial score (nSPS) is 10.1. The van der Waals surface area contributed by atoms with E-state index in [9.17, 15) is 14.0 Å². The molecule has 1 heterocycles. The lowest BCUT2D eigenvalue weighted by Crippen LogP contribution is -2.32. The molecule has 5 nitrogen and oxygen atoms in total. The van der Waals surface area contributed by atoms with Crippen molar-refractivity contribution in [2.24, 2.45) is 0 Å². The van der Waals surface area contributed by atoms with E-state index < -0.39 is 0 Å². The summed E-state index contributed by atoms with van der Waals surface area (Å²) in [5.74, 6) is 4.92. The topological polar surface area (TPSA) is 64.0 Å². The van der Waals surface area contributed by atoms with Crippen LogP contribution in [0.5, 0.6) is 0 Å². The number of carbonyl (C=O) groups excluding carboxylic acids is 1. The van der Waals surface area contributed by atoms with Crippen molar-refractivity contribution < 1.29 is 9.18 Å². The van der Waals surface area contributed by atoms with Crippen LogP contribution in [-0.2, 0) is 11.3 Å². The van der Waals surface area contributed by atoms with Crippen molar-refractivity contribution in [1.82, 2.24) is 14.9 Å². The average Bonchev–Trinajstić information content (AvgIpc) is 2.63. The van der Waals surface area contributed by atoms with E-state index in [0.717, 1.165) is 0 Å². The van der Waals surface area contributed by atoms with E-state index in [1.165, 1.54) is 23.0 Å². The Morgan fingerprint density at radius 1 is 1.16 bits per heavy atom. The highest BCUT2D eigenvalue weighted by Crippen LogP contribution is 2.04. The first-order chi connectivity index (χ1) is 12.1. The fraction of sp³-hybridized carbons (Fsp3) is 0.105. The molecule has 0 spiro atoms. The third kappa shape index (κ3) is 4.09. The molecule has 6 heteroatoms. The number of amides is 1. The van der Waals surface area contributed by atoms with Gasteiger partial charge < -0.3 is 5.32 Å². The predicted molar refractivity (Wildman–Crippen MR) is 92.3 cm³/mol. The Morgan fingerprint density at radius 2 is 1.92 bits per heavy atom. The summed E-state index contributed by atoms with van der Waals surface area (Å²) in [4.78, 5) is 28.4. The first-order valence-corrected chi connectivity index (χ1v) is 7.59. The highest BCUT2D eigenvalue weighted by Gasteiger charge is 2.06. The highest BCUT2D eigenvalue weighted by atomic mass is 19.1. The number of fused-ring (bicyclic) bond motifs is 1. The van der Waals surface area contributed by atoms with Crippen molar-refractivity contribution in [3.8, 4) is 11.8 Å². The minimum absolute atomic E-state index is 0.130. The van der Waals surface area contributed by atoms with Gasteiger partial charge in [-0.3, -0.25) is 14.2 Å². The van der Waals surface area contributed by atoms with Gasteiger partial charge in [-0.15, -0.1) is 0 Å². The van der Waals surface area contributed by atoms with Gasteiger partial charge >= 0.3 is 0 Å². The molecular weight excluding hydrogens is 321 g/mol. The van der Waals surface area contributed by atoms with Gasteiger partial charge in [0.1, 0.15) is 12.4 Å². The maximum absolute atomic E-state index is 12.8. The summed E-state index contributed by atoms with van der Waals surface area (Å²) in [5.41, 5.74) is 0.984. The number of para-hydroxylation sites is 1. The van der Waals surface area contributed by atoms with E-state index >= 15 is 0 Å². The maximum atomic E-state index is 12.8. The molecule has 0 saturated carbocycles. The van der Waals surface area contributed by atoms with Gasteiger partial charge in [-0.25, -0.2) is 9.37 Å². The molecule has 1 N–H and O–H groups in total. The van der Waals surface area contributed by atoms with Crippen molar-refractivity contribution >= 4 is 16.8 Å². The molecule has 0 aliphatic carbocycles. The van der Waals surface area contributed by atoms with Gasteiger partial charge in [-0.05, 0) is 36.4 Å². The molecule has 0 saturated heterocycles. The van der Waals surface area contributed by atoms with Gasteiger partial charge in [0.25, 0.3) is 5.56 Å². The van der Waals surface area contributed by atoms with Gasteiger partial charge in [0.15, 0.2) is 0 Å². The molecular formula is C19H14FN3O2. The van der Waals surface area contributed by atoms with Crippen LogP contribution in [-0.4, -0.2) is 22.0 Å². The number of nitrogens with one attached hydrogen (secondary N) is 1. The molecule has 1 amide bonds. The van der Waals surface area contributed by atoms with Crippen molar-refractivity contribution in [3.63, 3.8) is 0 Å². The largest absolute Gasteiger partial charge is 0.344 e. The zero-order valence-electron chi connectivity index (χ0n) is 13.2. The third-order valence-electron chi connectivity index (χ3n) is 3.50. The van der Waals surface area contributed by atoms with Gasteiger partial charge in [-0.1, -0.05) is 24.0 Å². The standard InChI is InChI=1S/C19H14FN3O2/c20-15-9-7-14(8-10-15)4-3-11-21-18(24)12-23-13-22-17-6-2-1-5-16(17)19(23)25/h1-2,5-10,13H,11-12H2,(H,21,24). The zero-order chi connectivity index (χ0) is 17.6. The van der Waals surface area contributed by atoms with Crippen molar-refractivity contribution in [1.29, 1.82) is 0 Å². The van der Waals surface area contributed by atoms with Crippen molar-refractivity contribution in [3.05, 3.63) is 76.6 Å². The number of carbonyl (C=O) groups is 1. The number of rotatable bonds is 3. The molecule has 3 rings (SSSR count). The van der Waals surface area contributed by atoms with Crippen LogP contribution in [0.4, 0.5) is 4.39 Å². The molecule has 1 aromatic heterocycles. The van der Waals surface area contributed by atoms with Gasteiger partial charge in [-0.2, -0.15) is 0 Å². The number of nitrogens with zero attached hydrogens (tertiary/aromatic N) is 2. The number of aromatic nitrogens is 2. The molecule has 25 heavy (non-hydrogen) atoms. The van der Waals surface area contributed by atoms with Crippen LogP contribution in [0, 0.1) is 17.7 Å². The summed E-state index contributed by atoms with van der Waals surface area (Å²) < 4.78 is 14.0. The van der Waals surface area contributed by atoms with Crippen molar-refractivity contribution in [2.45, 2.75) is 6.54 Å². The van der Waals surface area contributed by atoms with Crippen LogP contribution in [0.2, 0.25) is 0 Å². The number of hydrogen-bond acceptors (Lipinski definition) is 3. The fourth-order valence-corrected chi connectivity index (χ4v) is 2.25. The van der Waals surface area contributed by atoms with Gasteiger partial charge in [0.05, 0.1) is 23.8 Å². The van der Waals surface area contributed by atoms with E-state index in [4.69, 9.17) is 0 Å². The maximum Gasteiger partial charge on any atom is 0.261 e. The second-order valence-corrected chi connectivity index (χ2v) is 5.28. The monoisotopic (exact) mass is 335 g/mol. The zero-order valence-corrected chi connectivity index (χ0v) is 13.2. The fourth-order valence-electron chi connectivity index (χ4n) is 2.25. The van der Waals surface area contributed by atoms with Crippen LogP contribution in [0.25, 0.3) is 10.9 Å². The Hall–Kier alpha value is -3.46. The van der Waals surface area contributed by atoms with E-state index in [-0.39, 0.29) is 30.4 Å². The summed E-state index contributed by atoms with van der Waals surface area (Å²) in [5, 5.41) is 3.08. The van der Waals surface area contributed by atoms with Gasteiger partial charge in [0, 0.05) is 5.56 Å². The molecule has 0 bridgehead atoms. The lowest BCUT2D eigenvalue weighted by atomic mass is 10.2. The number of hydrogen-bond donors (Lipinski definition) is 1. The van der Waals surface area contributed by atoms with E-state index in [1.807, 2.05) is 0 Å². The summed E-state index contributed by atoms with van der Waals surface area (Å²) >= 11 is 0. The summed E-state index contributed by atoms with van der Waals surface area (Å²) in [6.45, 7) is 0.000859. The second kappa shape index (κ2) is 7.41. The second-order valence-electron chi connectivity index (χ2n) is 5.28. The Balaban J connectivity index is 1.61. The number of halogens is 1. The van der Waals surface area contributed by atoms with Crippen LogP contribution in [0.1, 0.15) is 5.56 Å². The Labute approximate surface area is 143 Å². The first kappa shape index (κ1) is 16.4. The van der Waals surface area contributed by atoms with E-state index in [0.29, 0.717) is 16.5 Å². The van der Waals surface area contributed by atoms with Crippen LogP contribution in [0.3, 0.4) is 0 Å². The Bertz CT molecular complexity index is 1030. The summed E-state index contributed by atoms with van der Waals surface area (Å²) in [7, 11) is 0. The van der Waals surface area contributed by atoms with Crippen LogP contribution in [0.15, 0.2) is 59.7 Å². The summed E-state index contributed by atoms with van der Waals surface area (Å²) in [6, 6.07) is 12.7. The molecule has 0 radical (unpaired) electrons. The number of benzene rings is 2. The van der Waals surface area contributed by atoms with Crippen LogP contribution >= 0.6 is 0 Å². The lowest BCUT2D eigenvalue weighted by molar-refractivity contribution is -0.121. The molecule has 0 unspecified atom stereocenters. The smallest absolute Gasteiger partial charge is 0.261 e. The average molecular weight is 335 g/mol. The predicted octanol–water partition coefficient (Wildman–Crippen LogP) is 1.70. The van der Waals surface area contributed by atoms with E-state index in [1.54, 1.807) is 36.4 Å². The molecule has 3 aromatic rings. The Morgan fingerprint density at radius 3 is 2.72 bits per heavy atom. The molecule has 124 valence electrons.